The minimum Gasteiger partial charge on any atom is -0.457 e. The molecule has 0 aliphatic heterocycles. The van der Waals surface area contributed by atoms with Gasteiger partial charge in [0.1, 0.15) is 23.1 Å². The number of ether oxygens (including phenoxy) is 1. The summed E-state index contributed by atoms with van der Waals surface area (Å²) in [5.41, 5.74) is 1.16. The van der Waals surface area contributed by atoms with Gasteiger partial charge in [-0.05, 0) is 54.6 Å². The first kappa shape index (κ1) is 17.5. The van der Waals surface area contributed by atoms with Gasteiger partial charge in [0.15, 0.2) is 0 Å². The van der Waals surface area contributed by atoms with Crippen LogP contribution in [0.3, 0.4) is 0 Å². The minimum atomic E-state index is -0.363. The number of benzene rings is 3. The van der Waals surface area contributed by atoms with Crippen molar-refractivity contribution in [2.45, 2.75) is 0 Å². The van der Waals surface area contributed by atoms with E-state index in [0.717, 1.165) is 17.2 Å². The highest BCUT2D eigenvalue weighted by molar-refractivity contribution is 5.60. The van der Waals surface area contributed by atoms with Crippen molar-refractivity contribution >= 4 is 23.1 Å². The van der Waals surface area contributed by atoms with Gasteiger partial charge < -0.3 is 15.4 Å². The third-order valence-corrected chi connectivity index (χ3v) is 3.88. The first-order chi connectivity index (χ1) is 13.8. The summed E-state index contributed by atoms with van der Waals surface area (Å²) in [5.74, 6) is 2.05. The van der Waals surface area contributed by atoms with Crippen molar-refractivity contribution in [3.63, 3.8) is 0 Å². The highest BCUT2D eigenvalue weighted by Crippen LogP contribution is 2.24. The van der Waals surface area contributed by atoms with Crippen LogP contribution >= 0.6 is 0 Å². The van der Waals surface area contributed by atoms with Gasteiger partial charge in [-0.3, -0.25) is 0 Å². The molecule has 0 amide bonds. The highest BCUT2D eigenvalue weighted by Gasteiger charge is 2.05. The molecule has 4 rings (SSSR count). The van der Waals surface area contributed by atoms with E-state index < -0.39 is 0 Å². The van der Waals surface area contributed by atoms with Crippen molar-refractivity contribution in [1.29, 1.82) is 0 Å². The van der Waals surface area contributed by atoms with Gasteiger partial charge in [0, 0.05) is 11.9 Å². The Morgan fingerprint density at radius 2 is 1.43 bits per heavy atom. The van der Waals surface area contributed by atoms with Crippen molar-refractivity contribution in [1.82, 2.24) is 9.97 Å². The molecule has 1 heterocycles. The summed E-state index contributed by atoms with van der Waals surface area (Å²) in [7, 11) is 0. The number of nitrogens with one attached hydrogen (secondary N) is 2. The Bertz CT molecular complexity index is 1060. The van der Waals surface area contributed by atoms with Gasteiger partial charge in [-0.15, -0.1) is 0 Å². The molecule has 0 saturated heterocycles. The maximum atomic E-state index is 13.8. The van der Waals surface area contributed by atoms with Gasteiger partial charge in [-0.25, -0.2) is 9.37 Å². The molecule has 0 spiro atoms. The number of para-hydroxylation sites is 2. The quantitative estimate of drug-likeness (QED) is 0.442. The van der Waals surface area contributed by atoms with Crippen molar-refractivity contribution in [3.8, 4) is 11.5 Å². The summed E-state index contributed by atoms with van der Waals surface area (Å²) in [4.78, 5) is 8.49. The molecule has 6 heteroatoms. The Hall–Kier alpha value is -3.93. The predicted molar refractivity (Wildman–Crippen MR) is 108 cm³/mol. The third-order valence-electron chi connectivity index (χ3n) is 3.88. The lowest BCUT2D eigenvalue weighted by atomic mass is 10.3. The molecule has 0 fully saturated rings. The van der Waals surface area contributed by atoms with E-state index >= 15 is 0 Å². The van der Waals surface area contributed by atoms with Crippen LogP contribution in [-0.4, -0.2) is 9.97 Å². The molecule has 0 saturated carbocycles. The van der Waals surface area contributed by atoms with E-state index in [2.05, 4.69) is 20.6 Å². The number of hydrogen-bond donors (Lipinski definition) is 2. The van der Waals surface area contributed by atoms with Gasteiger partial charge in [0.05, 0.1) is 5.69 Å². The van der Waals surface area contributed by atoms with Gasteiger partial charge in [-0.1, -0.05) is 30.3 Å². The first-order valence-corrected chi connectivity index (χ1v) is 8.71. The molecule has 0 radical (unpaired) electrons. The van der Waals surface area contributed by atoms with Crippen molar-refractivity contribution < 1.29 is 9.13 Å². The number of rotatable bonds is 6. The van der Waals surface area contributed by atoms with Crippen molar-refractivity contribution in [3.05, 3.63) is 96.9 Å². The van der Waals surface area contributed by atoms with Crippen LogP contribution in [0.15, 0.2) is 91.1 Å². The molecule has 2 N–H and O–H groups in total. The van der Waals surface area contributed by atoms with Crippen molar-refractivity contribution in [2.24, 2.45) is 0 Å². The van der Waals surface area contributed by atoms with Gasteiger partial charge in [0.2, 0.25) is 5.95 Å². The number of nitrogens with zero attached hydrogens (tertiary/aromatic N) is 2. The molecule has 4 aromatic rings. The van der Waals surface area contributed by atoms with Crippen molar-refractivity contribution in [2.75, 3.05) is 10.6 Å². The van der Waals surface area contributed by atoms with Crippen LogP contribution in [0, 0.1) is 5.82 Å². The van der Waals surface area contributed by atoms with Crippen LogP contribution < -0.4 is 15.4 Å². The molecule has 138 valence electrons. The monoisotopic (exact) mass is 372 g/mol. The zero-order valence-electron chi connectivity index (χ0n) is 14.8. The van der Waals surface area contributed by atoms with Crippen LogP contribution in [-0.2, 0) is 0 Å². The Balaban J connectivity index is 1.43. The molecule has 0 unspecified atom stereocenters. The van der Waals surface area contributed by atoms with E-state index in [4.69, 9.17) is 4.74 Å². The number of hydrogen-bond acceptors (Lipinski definition) is 5. The maximum absolute atomic E-state index is 13.8. The third kappa shape index (κ3) is 4.42. The normalized spacial score (nSPS) is 10.3. The fraction of sp³-hybridized carbons (Fsp3) is 0. The lowest BCUT2D eigenvalue weighted by Gasteiger charge is -2.10. The van der Waals surface area contributed by atoms with E-state index in [1.54, 1.807) is 30.5 Å². The van der Waals surface area contributed by atoms with E-state index in [9.17, 15) is 4.39 Å². The second-order valence-corrected chi connectivity index (χ2v) is 5.93. The maximum Gasteiger partial charge on any atom is 0.229 e. The molecule has 1 aromatic heterocycles. The summed E-state index contributed by atoms with van der Waals surface area (Å²) in [6.07, 6.45) is 1.60. The number of anilines is 4. The molecule has 0 bridgehead atoms. The van der Waals surface area contributed by atoms with E-state index in [1.165, 1.54) is 6.07 Å². The van der Waals surface area contributed by atoms with Crippen LogP contribution in [0.1, 0.15) is 0 Å². The molecule has 3 aromatic carbocycles. The molecule has 0 atom stereocenters. The van der Waals surface area contributed by atoms with E-state index in [0.29, 0.717) is 17.5 Å². The molecule has 0 aliphatic rings. The Kier molecular flexibility index (Phi) is 5.11. The summed E-state index contributed by atoms with van der Waals surface area (Å²) < 4.78 is 19.6. The van der Waals surface area contributed by atoms with Crippen LogP contribution in [0.4, 0.5) is 27.5 Å². The first-order valence-electron chi connectivity index (χ1n) is 8.71. The topological polar surface area (TPSA) is 59.1 Å². The summed E-state index contributed by atoms with van der Waals surface area (Å²) in [6, 6.07) is 25.2. The molecule has 0 aliphatic carbocycles. The second-order valence-electron chi connectivity index (χ2n) is 5.93. The SMILES string of the molecule is Fc1ccccc1Nc1nccc(Nc2ccc(Oc3ccccc3)cc2)n1. The fourth-order valence-electron chi connectivity index (χ4n) is 2.55. The zero-order valence-corrected chi connectivity index (χ0v) is 14.8. The summed E-state index contributed by atoms with van der Waals surface area (Å²) in [6.45, 7) is 0. The lowest BCUT2D eigenvalue weighted by molar-refractivity contribution is 0.483. The summed E-state index contributed by atoms with van der Waals surface area (Å²) in [5, 5.41) is 6.07. The Morgan fingerprint density at radius 1 is 0.714 bits per heavy atom. The van der Waals surface area contributed by atoms with E-state index in [1.807, 2.05) is 54.6 Å². The Morgan fingerprint density at radius 3 is 2.21 bits per heavy atom. The smallest absolute Gasteiger partial charge is 0.229 e. The van der Waals surface area contributed by atoms with Crippen LogP contribution in [0.5, 0.6) is 11.5 Å². The molecular weight excluding hydrogens is 355 g/mol. The predicted octanol–water partition coefficient (Wildman–Crippen LogP) is 5.90. The summed E-state index contributed by atoms with van der Waals surface area (Å²) >= 11 is 0. The average molecular weight is 372 g/mol. The highest BCUT2D eigenvalue weighted by atomic mass is 19.1. The van der Waals surface area contributed by atoms with Gasteiger partial charge >= 0.3 is 0 Å². The van der Waals surface area contributed by atoms with Crippen LogP contribution in [0.25, 0.3) is 0 Å². The second kappa shape index (κ2) is 8.18. The Labute approximate surface area is 161 Å². The largest absolute Gasteiger partial charge is 0.457 e. The fourth-order valence-corrected chi connectivity index (χ4v) is 2.55. The zero-order chi connectivity index (χ0) is 19.2. The van der Waals surface area contributed by atoms with Crippen LogP contribution in [0.2, 0.25) is 0 Å². The standard InChI is InChI=1S/C22H17FN4O/c23-19-8-4-5-9-20(19)26-22-24-15-14-21(27-22)25-16-10-12-18(13-11-16)28-17-6-2-1-3-7-17/h1-15H,(H2,24,25,26,27). The molecule has 28 heavy (non-hydrogen) atoms. The number of halogens is 1. The van der Waals surface area contributed by atoms with Gasteiger partial charge in [0.25, 0.3) is 0 Å². The molecule has 5 nitrogen and oxygen atoms in total. The number of aromatic nitrogens is 2. The van der Waals surface area contributed by atoms with Gasteiger partial charge in [-0.2, -0.15) is 4.98 Å². The minimum absolute atomic E-state index is 0.305. The molecular formula is C22H17FN4O. The average Bonchev–Trinajstić information content (AvgIpc) is 2.72. The van der Waals surface area contributed by atoms with E-state index in [-0.39, 0.29) is 5.82 Å². The lowest BCUT2D eigenvalue weighted by Crippen LogP contribution is -2.01.